The number of aliphatic hydroxyl groups excluding tert-OH is 1. The summed E-state index contributed by atoms with van der Waals surface area (Å²) in [6, 6.07) is 0.510. The highest BCUT2D eigenvalue weighted by atomic mass is 16.3. The molecule has 0 saturated carbocycles. The summed E-state index contributed by atoms with van der Waals surface area (Å²) in [5.74, 6) is 0.867. The summed E-state index contributed by atoms with van der Waals surface area (Å²) < 4.78 is 0. The lowest BCUT2D eigenvalue weighted by Gasteiger charge is -2.31. The van der Waals surface area contributed by atoms with Gasteiger partial charge >= 0.3 is 0 Å². The summed E-state index contributed by atoms with van der Waals surface area (Å²) in [4.78, 5) is 2.39. The number of aliphatic hydroxyl groups is 1. The average Bonchev–Trinajstić information content (AvgIpc) is 2.29. The summed E-state index contributed by atoms with van der Waals surface area (Å²) in [5, 5.41) is 13.3. The van der Waals surface area contributed by atoms with Crippen LogP contribution in [0.25, 0.3) is 0 Å². The average molecular weight is 228 g/mol. The van der Waals surface area contributed by atoms with Crippen molar-refractivity contribution in [3.8, 4) is 0 Å². The van der Waals surface area contributed by atoms with Gasteiger partial charge in [-0.3, -0.25) is 0 Å². The first kappa shape index (κ1) is 13.9. The molecule has 3 nitrogen and oxygen atoms in total. The molecule has 0 aromatic carbocycles. The van der Waals surface area contributed by atoms with Gasteiger partial charge in [0.25, 0.3) is 0 Å². The van der Waals surface area contributed by atoms with Gasteiger partial charge in [-0.1, -0.05) is 13.8 Å². The molecule has 1 saturated heterocycles. The molecule has 1 aliphatic heterocycles. The topological polar surface area (TPSA) is 35.5 Å². The Morgan fingerprint density at radius 2 is 2.00 bits per heavy atom. The van der Waals surface area contributed by atoms with Gasteiger partial charge < -0.3 is 15.3 Å². The van der Waals surface area contributed by atoms with E-state index in [1.54, 1.807) is 0 Å². The third kappa shape index (κ3) is 5.28. The molecule has 3 heteroatoms. The van der Waals surface area contributed by atoms with Gasteiger partial charge in [-0.15, -0.1) is 0 Å². The summed E-state index contributed by atoms with van der Waals surface area (Å²) >= 11 is 0. The fraction of sp³-hybridized carbons (Fsp3) is 1.00. The van der Waals surface area contributed by atoms with Crippen molar-refractivity contribution < 1.29 is 5.11 Å². The third-order valence-corrected chi connectivity index (χ3v) is 3.66. The molecule has 1 fully saturated rings. The second kappa shape index (κ2) is 7.25. The number of rotatable bonds is 6. The third-order valence-electron chi connectivity index (χ3n) is 3.66. The van der Waals surface area contributed by atoms with Gasteiger partial charge in [-0.2, -0.15) is 0 Å². The van der Waals surface area contributed by atoms with Crippen LogP contribution in [0.5, 0.6) is 0 Å². The van der Waals surface area contributed by atoms with Gasteiger partial charge in [0.2, 0.25) is 0 Å². The Hall–Kier alpha value is -0.120. The Morgan fingerprint density at radius 1 is 1.38 bits per heavy atom. The van der Waals surface area contributed by atoms with Gasteiger partial charge in [0.05, 0.1) is 6.10 Å². The Balaban J connectivity index is 2.11. The first-order valence-electron chi connectivity index (χ1n) is 6.75. The van der Waals surface area contributed by atoms with Gasteiger partial charge in [0.15, 0.2) is 0 Å². The summed E-state index contributed by atoms with van der Waals surface area (Å²) in [6.07, 6.45) is 3.47. The maximum atomic E-state index is 9.91. The number of nitrogens with zero attached hydrogens (tertiary/aromatic N) is 1. The standard InChI is InChI=1S/C13H28N2O/c1-4-12(3)14-9-13(16)10-15-7-5-11(2)6-8-15/h11-14,16H,4-10H2,1-3H3. The highest BCUT2D eigenvalue weighted by Gasteiger charge is 2.18. The molecule has 0 bridgehead atoms. The van der Waals surface area contributed by atoms with Crippen LogP contribution in [0, 0.1) is 5.92 Å². The lowest BCUT2D eigenvalue weighted by atomic mass is 9.99. The number of hydrogen-bond acceptors (Lipinski definition) is 3. The molecule has 0 aromatic rings. The molecule has 16 heavy (non-hydrogen) atoms. The Kier molecular flexibility index (Phi) is 6.32. The van der Waals surface area contributed by atoms with E-state index in [9.17, 15) is 5.11 Å². The molecule has 96 valence electrons. The predicted octanol–water partition coefficient (Wildman–Crippen LogP) is 1.47. The smallest absolute Gasteiger partial charge is 0.0791 e. The number of likely N-dealkylation sites (tertiary alicyclic amines) is 1. The minimum Gasteiger partial charge on any atom is -0.390 e. The summed E-state index contributed by atoms with van der Waals surface area (Å²) in [6.45, 7) is 10.5. The van der Waals surface area contributed by atoms with Crippen LogP contribution in [-0.2, 0) is 0 Å². The van der Waals surface area contributed by atoms with Crippen LogP contribution in [0.15, 0.2) is 0 Å². The monoisotopic (exact) mass is 228 g/mol. The largest absolute Gasteiger partial charge is 0.390 e. The number of hydrogen-bond donors (Lipinski definition) is 2. The lowest BCUT2D eigenvalue weighted by molar-refractivity contribution is 0.0891. The highest BCUT2D eigenvalue weighted by molar-refractivity contribution is 4.73. The molecule has 0 aliphatic carbocycles. The highest BCUT2D eigenvalue weighted by Crippen LogP contribution is 2.15. The van der Waals surface area contributed by atoms with Crippen LogP contribution in [0.1, 0.15) is 40.0 Å². The minimum absolute atomic E-state index is 0.220. The minimum atomic E-state index is -0.220. The molecular formula is C13H28N2O. The van der Waals surface area contributed by atoms with Crippen molar-refractivity contribution in [2.75, 3.05) is 26.2 Å². The van der Waals surface area contributed by atoms with Gasteiger partial charge in [0, 0.05) is 19.1 Å². The maximum absolute atomic E-state index is 9.91. The second-order valence-electron chi connectivity index (χ2n) is 5.35. The summed E-state index contributed by atoms with van der Waals surface area (Å²) in [5.41, 5.74) is 0. The van der Waals surface area contributed by atoms with E-state index in [0.29, 0.717) is 6.04 Å². The van der Waals surface area contributed by atoms with Crippen molar-refractivity contribution in [3.63, 3.8) is 0 Å². The van der Waals surface area contributed by atoms with Crippen molar-refractivity contribution in [2.24, 2.45) is 5.92 Å². The molecule has 2 N–H and O–H groups in total. The Bertz CT molecular complexity index is 179. The maximum Gasteiger partial charge on any atom is 0.0791 e. The molecule has 1 rings (SSSR count). The number of nitrogens with one attached hydrogen (secondary N) is 1. The van der Waals surface area contributed by atoms with Crippen LogP contribution in [0.3, 0.4) is 0 Å². The zero-order chi connectivity index (χ0) is 12.0. The van der Waals surface area contributed by atoms with Gasteiger partial charge in [0.1, 0.15) is 0 Å². The van der Waals surface area contributed by atoms with Gasteiger partial charge in [-0.05, 0) is 45.2 Å². The van der Waals surface area contributed by atoms with E-state index in [2.05, 4.69) is 31.0 Å². The van der Waals surface area contributed by atoms with E-state index in [0.717, 1.165) is 38.5 Å². The molecule has 0 aromatic heterocycles. The van der Waals surface area contributed by atoms with Crippen LogP contribution in [-0.4, -0.2) is 48.3 Å². The van der Waals surface area contributed by atoms with Crippen LogP contribution < -0.4 is 5.32 Å². The first-order chi connectivity index (χ1) is 7.61. The molecule has 0 radical (unpaired) electrons. The van der Waals surface area contributed by atoms with E-state index >= 15 is 0 Å². The molecule has 0 spiro atoms. The Labute approximate surface area is 100 Å². The van der Waals surface area contributed by atoms with Crippen LogP contribution in [0.4, 0.5) is 0 Å². The van der Waals surface area contributed by atoms with Crippen molar-refractivity contribution in [1.29, 1.82) is 0 Å². The molecule has 2 unspecified atom stereocenters. The van der Waals surface area contributed by atoms with E-state index in [1.807, 2.05) is 0 Å². The Morgan fingerprint density at radius 3 is 2.56 bits per heavy atom. The molecule has 0 amide bonds. The SMILES string of the molecule is CCC(C)NCC(O)CN1CCC(C)CC1. The molecular weight excluding hydrogens is 200 g/mol. The van der Waals surface area contributed by atoms with E-state index in [4.69, 9.17) is 0 Å². The number of piperidine rings is 1. The second-order valence-corrected chi connectivity index (χ2v) is 5.35. The molecule has 2 atom stereocenters. The zero-order valence-corrected chi connectivity index (χ0v) is 11.1. The van der Waals surface area contributed by atoms with Crippen LogP contribution in [0.2, 0.25) is 0 Å². The summed E-state index contributed by atoms with van der Waals surface area (Å²) in [7, 11) is 0. The molecule has 1 aliphatic rings. The van der Waals surface area contributed by atoms with E-state index in [1.165, 1.54) is 12.8 Å². The van der Waals surface area contributed by atoms with Crippen molar-refractivity contribution in [2.45, 2.75) is 52.2 Å². The first-order valence-corrected chi connectivity index (χ1v) is 6.75. The van der Waals surface area contributed by atoms with Crippen molar-refractivity contribution in [1.82, 2.24) is 10.2 Å². The van der Waals surface area contributed by atoms with Crippen molar-refractivity contribution in [3.05, 3.63) is 0 Å². The van der Waals surface area contributed by atoms with E-state index in [-0.39, 0.29) is 6.10 Å². The fourth-order valence-corrected chi connectivity index (χ4v) is 2.09. The van der Waals surface area contributed by atoms with Crippen molar-refractivity contribution >= 4 is 0 Å². The normalized spacial score (nSPS) is 23.2. The van der Waals surface area contributed by atoms with Gasteiger partial charge in [-0.25, -0.2) is 0 Å². The van der Waals surface area contributed by atoms with Crippen LogP contribution >= 0.6 is 0 Å². The fourth-order valence-electron chi connectivity index (χ4n) is 2.09. The van der Waals surface area contributed by atoms with E-state index < -0.39 is 0 Å². The quantitative estimate of drug-likeness (QED) is 0.722. The molecule has 1 heterocycles. The predicted molar refractivity (Wildman–Crippen MR) is 68.6 cm³/mol. The zero-order valence-electron chi connectivity index (χ0n) is 11.1. The number of β-amino-alcohol motifs (C(OH)–C–C–N with tert-alkyl or cyclic N) is 1. The lowest BCUT2D eigenvalue weighted by Crippen LogP contribution is -2.43.